The van der Waals surface area contributed by atoms with Crippen LogP contribution in [0, 0.1) is 0 Å². The summed E-state index contributed by atoms with van der Waals surface area (Å²) < 4.78 is 22.1. The highest BCUT2D eigenvalue weighted by Gasteiger charge is 2.39. The predicted molar refractivity (Wildman–Crippen MR) is 73.1 cm³/mol. The maximum Gasteiger partial charge on any atom is 0.664 e. The van der Waals surface area contributed by atoms with Crippen LogP contribution in [0.5, 0.6) is 5.75 Å². The van der Waals surface area contributed by atoms with Crippen LogP contribution < -0.4 is 9.61 Å². The van der Waals surface area contributed by atoms with E-state index < -0.39 is 19.7 Å². The zero-order valence-electron chi connectivity index (χ0n) is 11.5. The summed E-state index contributed by atoms with van der Waals surface area (Å²) >= 11 is 0. The van der Waals surface area contributed by atoms with E-state index in [4.69, 9.17) is 9.26 Å². The Kier molecular flexibility index (Phi) is 5.45. The van der Waals surface area contributed by atoms with E-state index in [1.807, 2.05) is 6.07 Å². The Morgan fingerprint density at radius 2 is 1.84 bits per heavy atom. The first-order valence-corrected chi connectivity index (χ1v) is 7.18. The topological polar surface area (TPSA) is 64.6 Å². The third kappa shape index (κ3) is 5.37. The molecule has 0 aliphatic rings. The normalized spacial score (nSPS) is 12.2. The van der Waals surface area contributed by atoms with Gasteiger partial charge in [0.1, 0.15) is 0 Å². The summed E-state index contributed by atoms with van der Waals surface area (Å²) in [4.78, 5) is 11.8. The lowest BCUT2D eigenvalue weighted by molar-refractivity contribution is -0.153. The molecule has 1 aromatic rings. The maximum atomic E-state index is 11.8. The smallest absolute Gasteiger partial charge is 0.462 e. The molecule has 1 aromatic carbocycles. The van der Waals surface area contributed by atoms with E-state index in [1.165, 1.54) is 0 Å². The maximum absolute atomic E-state index is 11.8. The first-order valence-electron chi connectivity index (χ1n) is 6.00. The van der Waals surface area contributed by atoms with Crippen LogP contribution in [0.1, 0.15) is 27.7 Å². The summed E-state index contributed by atoms with van der Waals surface area (Å²) in [5, 5.41) is 2.62. The summed E-state index contributed by atoms with van der Waals surface area (Å²) in [6.07, 6.45) is -0.221. The number of hydrogen-bond donors (Lipinski definition) is 1. The highest BCUT2D eigenvalue weighted by atomic mass is 31.1. The van der Waals surface area contributed by atoms with Gasteiger partial charge in [-0.15, -0.1) is 0 Å². The summed E-state index contributed by atoms with van der Waals surface area (Å²) in [5.41, 5.74) is -1.08. The monoisotopic (exact) mass is 284 g/mol. The molecule has 6 heteroatoms. The zero-order valence-corrected chi connectivity index (χ0v) is 12.4. The van der Waals surface area contributed by atoms with Gasteiger partial charge in [0, 0.05) is 4.57 Å². The molecular formula is C13H19NO4P+. The number of esters is 1. The fourth-order valence-electron chi connectivity index (χ4n) is 1.24. The summed E-state index contributed by atoms with van der Waals surface area (Å²) in [6, 6.07) is 8.76. The van der Waals surface area contributed by atoms with Crippen LogP contribution in [0.3, 0.4) is 0 Å². The van der Waals surface area contributed by atoms with Crippen molar-refractivity contribution in [1.82, 2.24) is 5.09 Å². The molecule has 1 unspecified atom stereocenters. The minimum absolute atomic E-state index is 0.221. The number of carbonyl (C=O) groups is 1. The van der Waals surface area contributed by atoms with Gasteiger partial charge < -0.3 is 4.74 Å². The van der Waals surface area contributed by atoms with Gasteiger partial charge in [0.15, 0.2) is 11.3 Å². The average molecular weight is 284 g/mol. The fraction of sp³-hybridized carbons (Fsp3) is 0.462. The molecule has 0 radical (unpaired) electrons. The Balaban J connectivity index is 2.58. The second kappa shape index (κ2) is 6.64. The number of para-hydroxylation sites is 1. The quantitative estimate of drug-likeness (QED) is 0.642. The van der Waals surface area contributed by atoms with Crippen LogP contribution in [0.15, 0.2) is 30.3 Å². The molecule has 104 valence electrons. The largest absolute Gasteiger partial charge is 0.664 e. The van der Waals surface area contributed by atoms with E-state index in [0.29, 0.717) is 5.75 Å². The van der Waals surface area contributed by atoms with Gasteiger partial charge in [0.2, 0.25) is 0 Å². The Labute approximate surface area is 114 Å². The Morgan fingerprint density at radius 1 is 1.26 bits per heavy atom. The highest BCUT2D eigenvalue weighted by Crippen LogP contribution is 2.26. The molecule has 0 aromatic heterocycles. The van der Waals surface area contributed by atoms with E-state index in [-0.39, 0.29) is 6.10 Å². The first kappa shape index (κ1) is 15.6. The molecule has 1 atom stereocenters. The Morgan fingerprint density at radius 3 is 2.37 bits per heavy atom. The summed E-state index contributed by atoms with van der Waals surface area (Å²) in [6.45, 7) is 6.71. The molecule has 0 fully saturated rings. The van der Waals surface area contributed by atoms with Crippen molar-refractivity contribution >= 4 is 14.1 Å². The van der Waals surface area contributed by atoms with E-state index in [1.54, 1.807) is 52.0 Å². The lowest BCUT2D eigenvalue weighted by Gasteiger charge is -2.19. The second-order valence-corrected chi connectivity index (χ2v) is 5.77. The van der Waals surface area contributed by atoms with Crippen LogP contribution in [-0.2, 0) is 14.1 Å². The van der Waals surface area contributed by atoms with Crippen LogP contribution in [-0.4, -0.2) is 17.6 Å². The minimum Gasteiger partial charge on any atom is -0.462 e. The Hall–Kier alpha value is -1.45. The number of ether oxygens (including phenoxy) is 1. The molecule has 0 aliphatic carbocycles. The molecule has 0 saturated heterocycles. The Bertz CT molecular complexity index is 445. The molecule has 1 rings (SSSR count). The average Bonchev–Trinajstić information content (AvgIpc) is 2.28. The number of benzene rings is 1. The van der Waals surface area contributed by atoms with Crippen LogP contribution in [0.4, 0.5) is 0 Å². The molecule has 0 aliphatic heterocycles. The molecule has 5 nitrogen and oxygen atoms in total. The van der Waals surface area contributed by atoms with E-state index in [2.05, 4.69) is 5.09 Å². The van der Waals surface area contributed by atoms with Gasteiger partial charge in [-0.3, -0.25) is 0 Å². The summed E-state index contributed by atoms with van der Waals surface area (Å²) in [5.74, 6) is 0.00616. The van der Waals surface area contributed by atoms with Gasteiger partial charge in [-0.25, -0.2) is 9.32 Å². The van der Waals surface area contributed by atoms with Gasteiger partial charge >= 0.3 is 14.1 Å². The van der Waals surface area contributed by atoms with E-state index >= 15 is 0 Å². The second-order valence-electron chi connectivity index (χ2n) is 4.85. The van der Waals surface area contributed by atoms with E-state index in [0.717, 1.165) is 0 Å². The van der Waals surface area contributed by atoms with Crippen LogP contribution in [0.25, 0.3) is 0 Å². The number of carbonyl (C=O) groups excluding carboxylic acids is 1. The van der Waals surface area contributed by atoms with Gasteiger partial charge in [-0.05, 0) is 39.8 Å². The molecule has 0 saturated carbocycles. The lowest BCUT2D eigenvalue weighted by Crippen LogP contribution is -2.45. The molecule has 0 heterocycles. The van der Waals surface area contributed by atoms with Gasteiger partial charge in [0.05, 0.1) is 6.10 Å². The van der Waals surface area contributed by atoms with Crippen LogP contribution >= 0.6 is 8.18 Å². The molecule has 19 heavy (non-hydrogen) atoms. The van der Waals surface area contributed by atoms with Gasteiger partial charge in [0.25, 0.3) is 0 Å². The zero-order chi connectivity index (χ0) is 14.5. The van der Waals surface area contributed by atoms with Gasteiger partial charge in [-0.2, -0.15) is 0 Å². The predicted octanol–water partition coefficient (Wildman–Crippen LogP) is 3.04. The fourth-order valence-corrected chi connectivity index (χ4v) is 2.14. The van der Waals surface area contributed by atoms with Crippen molar-refractivity contribution in [3.8, 4) is 5.75 Å². The minimum atomic E-state index is -2.20. The third-order valence-corrected chi connectivity index (χ3v) is 3.27. The molecule has 1 N–H and O–H groups in total. The molecule has 0 amide bonds. The van der Waals surface area contributed by atoms with Crippen molar-refractivity contribution in [3.63, 3.8) is 0 Å². The first-order chi connectivity index (χ1) is 8.81. The number of nitrogens with one attached hydrogen (secondary N) is 1. The van der Waals surface area contributed by atoms with Crippen molar-refractivity contribution in [2.45, 2.75) is 39.3 Å². The van der Waals surface area contributed by atoms with Crippen molar-refractivity contribution in [1.29, 1.82) is 0 Å². The van der Waals surface area contributed by atoms with Crippen molar-refractivity contribution in [2.24, 2.45) is 0 Å². The summed E-state index contributed by atoms with van der Waals surface area (Å²) in [7, 11) is -2.20. The van der Waals surface area contributed by atoms with Crippen LogP contribution in [0.2, 0.25) is 0 Å². The van der Waals surface area contributed by atoms with Crippen molar-refractivity contribution in [2.75, 3.05) is 0 Å². The van der Waals surface area contributed by atoms with Crippen molar-refractivity contribution in [3.05, 3.63) is 30.3 Å². The van der Waals surface area contributed by atoms with E-state index in [9.17, 15) is 9.36 Å². The highest BCUT2D eigenvalue weighted by molar-refractivity contribution is 7.37. The number of rotatable bonds is 6. The van der Waals surface area contributed by atoms with Gasteiger partial charge in [-0.1, -0.05) is 23.3 Å². The lowest BCUT2D eigenvalue weighted by atomic mass is 10.1. The number of hydrogen-bond acceptors (Lipinski definition) is 4. The van der Waals surface area contributed by atoms with Crippen molar-refractivity contribution < 1.29 is 18.6 Å². The molecule has 0 spiro atoms. The molecular weight excluding hydrogens is 265 g/mol. The molecule has 0 bridgehead atoms. The SMILES string of the molecule is CC(C)OC(=O)C(C)(C)N[P+](=O)Oc1ccccc1. The third-order valence-electron chi connectivity index (χ3n) is 2.16. The standard InChI is InChI=1S/C13H19NO4P/c1-10(2)17-12(15)13(3,4)14-19(16)18-11-8-6-5-7-9-11/h5-10H,1-4H3,(H,14,16)/q+1.